The van der Waals surface area contributed by atoms with Crippen molar-refractivity contribution in [3.63, 3.8) is 0 Å². The van der Waals surface area contributed by atoms with Crippen molar-refractivity contribution in [1.29, 1.82) is 0 Å². The van der Waals surface area contributed by atoms with Crippen molar-refractivity contribution in [2.24, 2.45) is 0 Å². The van der Waals surface area contributed by atoms with Gasteiger partial charge in [-0.05, 0) is 292 Å². The van der Waals surface area contributed by atoms with Crippen LogP contribution in [0.25, 0.3) is 77.9 Å². The van der Waals surface area contributed by atoms with Crippen LogP contribution in [-0.2, 0) is 99.1 Å². The number of carbonyl (C=O) groups excluding carboxylic acids is 2. The quantitative estimate of drug-likeness (QED) is 0.0204. The molecule has 150 heavy (non-hydrogen) atoms. The van der Waals surface area contributed by atoms with Gasteiger partial charge in [0.15, 0.2) is 0 Å². The zero-order chi connectivity index (χ0) is 105. The van der Waals surface area contributed by atoms with Crippen LogP contribution in [0.5, 0.6) is 11.5 Å². The zero-order valence-electron chi connectivity index (χ0n) is 87.4. The van der Waals surface area contributed by atoms with Gasteiger partial charge in [-0.1, -0.05) is 228 Å². The van der Waals surface area contributed by atoms with Crippen LogP contribution < -0.4 is 9.47 Å². The first-order valence-corrected chi connectivity index (χ1v) is 52.8. The normalized spacial score (nSPS) is 15.0. The molecule has 0 aromatic heterocycles. The molecule has 0 aliphatic heterocycles. The molecule has 0 saturated heterocycles. The van der Waals surface area contributed by atoms with Crippen molar-refractivity contribution in [3.05, 3.63) is 366 Å². The van der Waals surface area contributed by atoms with Gasteiger partial charge >= 0.3 is 11.9 Å². The number of benzene rings is 13. The molecule has 784 valence electrons. The summed E-state index contributed by atoms with van der Waals surface area (Å²) in [6.07, 6.45) is 12.3. The molecule has 3 aliphatic rings. The summed E-state index contributed by atoms with van der Waals surface area (Å²) in [5.74, 6) is -2.08. The largest absolute Gasteiger partial charge is 0.490 e. The molecule has 0 fully saturated rings. The molecule has 22 nitrogen and oxygen atoms in total. The maximum absolute atomic E-state index is 14.3. The van der Waals surface area contributed by atoms with Crippen LogP contribution in [-0.4, -0.2) is 218 Å². The SMILES string of the molecule is CCCCCCc1cc(CCCCCC)cc(C2(C)c3cc(-c4ccc5c(c4)C(c4ccc(COCCOCCOCCO)c(C=O)c4)(c4ccc(OCCOCCOCCOC)c(C(=O)O)c4)c4cc(-c6ccccc6)ccc4-5)c(C)cc3-c3cc(C)c(-c4ccc5c(c4)C(c4ccc(COCCOCCOCCO)c(C=O)c4)(c4ccc(OCCOCCOCCOC)c(C(=O)O)c4)c4cc(-c6ccccc6)ccc4-5)cc32)c1. The molecule has 16 rings (SSSR count). The molecular formula is C128H140O22. The van der Waals surface area contributed by atoms with Crippen molar-refractivity contribution >= 4 is 24.5 Å². The average molecular weight is 2030 g/mol. The number of aliphatic hydroxyl groups excluding tert-OH is 2. The second kappa shape index (κ2) is 53.7. The van der Waals surface area contributed by atoms with Crippen LogP contribution >= 0.6 is 0 Å². The van der Waals surface area contributed by atoms with E-state index in [1.165, 1.54) is 16.7 Å². The Morgan fingerprint density at radius 3 is 0.980 bits per heavy atom. The Morgan fingerprint density at radius 2 is 0.627 bits per heavy atom. The molecule has 0 radical (unpaired) electrons. The number of unbranched alkanes of at least 4 members (excludes halogenated alkanes) is 6. The second-order valence-electron chi connectivity index (χ2n) is 38.7. The second-order valence-corrected chi connectivity index (χ2v) is 38.7. The summed E-state index contributed by atoms with van der Waals surface area (Å²) in [6.45, 7) is 17.5. The molecule has 13 aromatic carbocycles. The van der Waals surface area contributed by atoms with E-state index in [1.807, 2.05) is 72.8 Å². The zero-order valence-corrected chi connectivity index (χ0v) is 87.4. The van der Waals surface area contributed by atoms with Crippen LogP contribution in [0.2, 0.25) is 0 Å². The molecule has 2 unspecified atom stereocenters. The van der Waals surface area contributed by atoms with Gasteiger partial charge in [-0.2, -0.15) is 0 Å². The lowest BCUT2D eigenvalue weighted by Gasteiger charge is -2.35. The molecule has 0 saturated carbocycles. The summed E-state index contributed by atoms with van der Waals surface area (Å²) >= 11 is 0. The van der Waals surface area contributed by atoms with Gasteiger partial charge in [-0.15, -0.1) is 0 Å². The number of aliphatic hydroxyl groups is 2. The molecule has 4 N–H and O–H groups in total. The van der Waals surface area contributed by atoms with Crippen LogP contribution in [0, 0.1) is 13.8 Å². The fraction of sp³-hybridized carbons (Fsp3) is 0.359. The van der Waals surface area contributed by atoms with Crippen molar-refractivity contribution in [1.82, 2.24) is 0 Å². The highest BCUT2D eigenvalue weighted by molar-refractivity contribution is 5.98. The van der Waals surface area contributed by atoms with Gasteiger partial charge in [0.1, 0.15) is 48.4 Å². The van der Waals surface area contributed by atoms with E-state index >= 15 is 0 Å². The number of aromatic carboxylic acids is 2. The number of rotatable bonds is 63. The number of methoxy groups -OCH3 is 2. The monoisotopic (exact) mass is 2030 g/mol. The molecule has 0 amide bonds. The maximum atomic E-state index is 14.3. The van der Waals surface area contributed by atoms with Crippen LogP contribution in [0.4, 0.5) is 0 Å². The predicted octanol–water partition coefficient (Wildman–Crippen LogP) is 23.5. The topological polar surface area (TPSA) is 278 Å². The minimum atomic E-state index is -1.34. The van der Waals surface area contributed by atoms with E-state index in [1.54, 1.807) is 38.5 Å². The highest BCUT2D eigenvalue weighted by Gasteiger charge is 2.51. The molecule has 0 bridgehead atoms. The van der Waals surface area contributed by atoms with Gasteiger partial charge in [0.05, 0.1) is 169 Å². The molecule has 0 spiro atoms. The van der Waals surface area contributed by atoms with Gasteiger partial charge in [0.25, 0.3) is 0 Å². The third-order valence-electron chi connectivity index (χ3n) is 29.2. The maximum Gasteiger partial charge on any atom is 0.339 e. The number of hydrogen-bond acceptors (Lipinski definition) is 20. The smallest absolute Gasteiger partial charge is 0.339 e. The summed E-state index contributed by atoms with van der Waals surface area (Å²) < 4.78 is 81.2. The Morgan fingerprint density at radius 1 is 0.293 bits per heavy atom. The fourth-order valence-corrected chi connectivity index (χ4v) is 21.8. The summed E-state index contributed by atoms with van der Waals surface area (Å²) in [5.41, 5.74) is 26.2. The number of carboxylic acid groups (broad SMARTS) is 2. The minimum Gasteiger partial charge on any atom is -0.490 e. The Hall–Kier alpha value is -12.8. The summed E-state index contributed by atoms with van der Waals surface area (Å²) in [4.78, 5) is 56.7. The standard InChI is InChI=1S/C128H140O22/c1-8-10-12-16-22-89-70-90(23-17-13-11-9-2)72-105(71-89)126(5)116-81-110(95-32-40-108-106-38-30-93(91-24-18-14-19-25-91)75-118(106)127(120(108)77-95,101-34-28-97(99(73-101)83-131)85-147-62-60-143-54-52-139-46-44-129)103-36-42-122(114(79-103)124(133)134)149-66-64-145-58-56-141-50-48-137-6)87(3)68-112(116)113-69-88(4)111(82-117(113)126)96-33-41-109-107-39-31-94(92-26-20-15-21-27-92)76-119(107)128(121(109)78-96,102-35-29-98(100(74-102)84-132)86-148-63-61-144-55-53-140-47-45-130)104-37-43-123(115(80-104)125(135)136)150-67-65-146-59-57-142-51-49-138-7/h14-15,18-21,24-43,68-84,129-130H,8-13,16-17,22-23,44-67,85-86H2,1-7H3,(H,133,134)(H,135,136). The third-order valence-corrected chi connectivity index (χ3v) is 29.2. The number of hydrogen-bond donors (Lipinski definition) is 4. The summed E-state index contributed by atoms with van der Waals surface area (Å²) in [6, 6.07) is 86.9. The minimum absolute atomic E-state index is 0.0533. The van der Waals surface area contributed by atoms with E-state index in [0.717, 1.165) is 199 Å². The molecular weight excluding hydrogens is 1890 g/mol. The Kier molecular flexibility index (Phi) is 39.4. The Labute approximate surface area is 881 Å². The van der Waals surface area contributed by atoms with E-state index in [9.17, 15) is 39.6 Å². The first kappa shape index (κ1) is 110. The van der Waals surface area contributed by atoms with Gasteiger partial charge in [-0.25, -0.2) is 9.59 Å². The highest BCUT2D eigenvalue weighted by atomic mass is 16.6. The number of ether oxygens (including phenoxy) is 14. The average Bonchev–Trinajstić information content (AvgIpc) is 1.53. The van der Waals surface area contributed by atoms with Crippen LogP contribution in [0.3, 0.4) is 0 Å². The predicted molar refractivity (Wildman–Crippen MR) is 585 cm³/mol. The molecule has 13 aromatic rings. The van der Waals surface area contributed by atoms with Gasteiger partial charge in [0, 0.05) is 30.8 Å². The molecule has 22 heteroatoms. The van der Waals surface area contributed by atoms with E-state index in [2.05, 4.69) is 186 Å². The fourth-order valence-electron chi connectivity index (χ4n) is 21.8. The van der Waals surface area contributed by atoms with E-state index in [0.29, 0.717) is 124 Å². The van der Waals surface area contributed by atoms with Crippen LogP contribution in [0.1, 0.15) is 208 Å². The molecule has 2 atom stereocenters. The third kappa shape index (κ3) is 24.8. The summed E-state index contributed by atoms with van der Waals surface area (Å²) in [7, 11) is 3.24. The van der Waals surface area contributed by atoms with Gasteiger partial charge in [0.2, 0.25) is 0 Å². The lowest BCUT2D eigenvalue weighted by molar-refractivity contribution is 0.00445. The van der Waals surface area contributed by atoms with Gasteiger partial charge in [-0.3, -0.25) is 9.59 Å². The molecule has 3 aliphatic carbocycles. The Balaban J connectivity index is 0.881. The van der Waals surface area contributed by atoms with Crippen molar-refractivity contribution in [3.8, 4) is 89.4 Å². The number of aryl methyl sites for hydroxylation is 4. The molecule has 0 heterocycles. The first-order chi connectivity index (χ1) is 73.5. The van der Waals surface area contributed by atoms with E-state index in [4.69, 9.17) is 66.3 Å². The first-order valence-electron chi connectivity index (χ1n) is 52.8. The number of carboxylic acids is 2. The van der Waals surface area contributed by atoms with Crippen molar-refractivity contribution in [2.45, 2.75) is 128 Å². The number of fused-ring (bicyclic) bond motifs is 9. The lowest BCUT2D eigenvalue weighted by Crippen LogP contribution is -2.29. The van der Waals surface area contributed by atoms with Crippen molar-refractivity contribution in [2.75, 3.05) is 173 Å². The van der Waals surface area contributed by atoms with Gasteiger partial charge < -0.3 is 86.7 Å². The summed E-state index contributed by atoms with van der Waals surface area (Å²) in [5, 5.41) is 41.8. The van der Waals surface area contributed by atoms with Crippen LogP contribution in [0.15, 0.2) is 249 Å². The van der Waals surface area contributed by atoms with E-state index < -0.39 is 28.2 Å². The highest BCUT2D eigenvalue weighted by Crippen LogP contribution is 2.63. The Bertz CT molecular complexity index is 6380. The number of aldehydes is 2. The van der Waals surface area contributed by atoms with Crippen molar-refractivity contribution < 1.29 is 106 Å². The lowest BCUT2D eigenvalue weighted by atomic mass is 9.66. The van der Waals surface area contributed by atoms with E-state index in [-0.39, 0.29) is 115 Å². The number of carbonyl (C=O) groups is 4.